The predicted octanol–water partition coefficient (Wildman–Crippen LogP) is -0.00650. The molecule has 0 aromatic carbocycles. The van der Waals surface area contributed by atoms with Crippen LogP contribution in [0.4, 0.5) is 13.2 Å². The summed E-state index contributed by atoms with van der Waals surface area (Å²) in [4.78, 5) is 32.2. The van der Waals surface area contributed by atoms with Gasteiger partial charge in [0.1, 0.15) is 6.54 Å². The lowest BCUT2D eigenvalue weighted by molar-refractivity contribution is -0.192. The fraction of sp³-hybridized carbons (Fsp3) is 0.667. The molecule has 7 nitrogen and oxygen atoms in total. The molecule has 0 bridgehead atoms. The number of likely N-dealkylation sites (tertiary alicyclic amines) is 1. The van der Waals surface area contributed by atoms with Crippen molar-refractivity contribution in [3.63, 3.8) is 0 Å². The minimum absolute atomic E-state index is 0.0106. The van der Waals surface area contributed by atoms with Crippen LogP contribution in [0.15, 0.2) is 0 Å². The van der Waals surface area contributed by atoms with Crippen molar-refractivity contribution >= 4 is 17.8 Å². The zero-order valence-electron chi connectivity index (χ0n) is 9.90. The van der Waals surface area contributed by atoms with Crippen LogP contribution in [0.1, 0.15) is 13.3 Å². The number of carboxylic acid groups (broad SMARTS) is 1. The Morgan fingerprint density at radius 3 is 2.21 bits per heavy atom. The third-order valence-corrected chi connectivity index (χ3v) is 2.27. The Morgan fingerprint density at radius 2 is 1.95 bits per heavy atom. The zero-order chi connectivity index (χ0) is 15.2. The number of nitrogens with zero attached hydrogens (tertiary/aromatic N) is 1. The molecular formula is C9H13F3N2O5. The van der Waals surface area contributed by atoms with Crippen LogP contribution in [0, 0.1) is 5.92 Å². The van der Waals surface area contributed by atoms with Crippen molar-refractivity contribution in [2.45, 2.75) is 19.5 Å². The third-order valence-electron chi connectivity index (χ3n) is 2.27. The maximum atomic E-state index is 11.2. The van der Waals surface area contributed by atoms with E-state index < -0.39 is 18.1 Å². The molecule has 110 valence electrons. The molecule has 1 rings (SSSR count). The van der Waals surface area contributed by atoms with Gasteiger partial charge in [0.15, 0.2) is 0 Å². The highest BCUT2D eigenvalue weighted by molar-refractivity contribution is 5.86. The molecule has 0 spiro atoms. The van der Waals surface area contributed by atoms with Crippen LogP contribution < -0.4 is 5.48 Å². The highest BCUT2D eigenvalue weighted by atomic mass is 19.4. The highest BCUT2D eigenvalue weighted by Crippen LogP contribution is 2.16. The van der Waals surface area contributed by atoms with Gasteiger partial charge in [-0.05, 0) is 6.42 Å². The molecule has 1 atom stereocenters. The molecule has 1 fully saturated rings. The fourth-order valence-electron chi connectivity index (χ4n) is 1.26. The van der Waals surface area contributed by atoms with Crippen LogP contribution in [0.2, 0.25) is 0 Å². The van der Waals surface area contributed by atoms with E-state index in [1.54, 1.807) is 0 Å². The zero-order valence-corrected chi connectivity index (χ0v) is 9.90. The molecular weight excluding hydrogens is 273 g/mol. The normalized spacial score (nSPS) is 18.7. The van der Waals surface area contributed by atoms with Crippen molar-refractivity contribution < 1.29 is 37.9 Å². The molecule has 10 heteroatoms. The summed E-state index contributed by atoms with van der Waals surface area (Å²) in [5.41, 5.74) is 1.49. The lowest BCUT2D eigenvalue weighted by Gasteiger charge is -2.13. The number of hydrogen-bond acceptors (Lipinski definition) is 4. The Labute approximate surface area is 105 Å². The monoisotopic (exact) mass is 286 g/mol. The molecule has 3 N–H and O–H groups in total. The second-order valence-electron chi connectivity index (χ2n) is 3.79. The Balaban J connectivity index is 0.000000399. The fourth-order valence-corrected chi connectivity index (χ4v) is 1.26. The van der Waals surface area contributed by atoms with Crippen molar-refractivity contribution in [3.8, 4) is 0 Å². The van der Waals surface area contributed by atoms with Gasteiger partial charge in [0, 0.05) is 12.5 Å². The number of hydrogen-bond donors (Lipinski definition) is 3. The molecule has 1 aliphatic heterocycles. The summed E-state index contributed by atoms with van der Waals surface area (Å²) in [5.74, 6) is -3.31. The van der Waals surface area contributed by atoms with E-state index in [-0.39, 0.29) is 18.4 Å². The van der Waals surface area contributed by atoms with E-state index in [0.717, 1.165) is 6.42 Å². The number of nitrogens with one attached hydrogen (secondary N) is 1. The van der Waals surface area contributed by atoms with Crippen LogP contribution >= 0.6 is 0 Å². The number of halogens is 3. The molecule has 0 aromatic rings. The molecule has 0 saturated carbocycles. The molecule has 0 radical (unpaired) electrons. The molecule has 1 heterocycles. The van der Waals surface area contributed by atoms with Gasteiger partial charge in [-0.15, -0.1) is 0 Å². The lowest BCUT2D eigenvalue weighted by atomic mass is 10.1. The number of alkyl halides is 3. The number of aliphatic carboxylic acids is 1. The van der Waals surface area contributed by atoms with Crippen molar-refractivity contribution in [2.24, 2.45) is 5.92 Å². The topological polar surface area (TPSA) is 107 Å². The van der Waals surface area contributed by atoms with E-state index in [4.69, 9.17) is 15.1 Å². The summed E-state index contributed by atoms with van der Waals surface area (Å²) in [5, 5.41) is 15.3. The average molecular weight is 286 g/mol. The van der Waals surface area contributed by atoms with E-state index in [1.165, 1.54) is 10.4 Å². The lowest BCUT2D eigenvalue weighted by Crippen LogP contribution is -2.37. The standard InChI is InChI=1S/C7H12N2O3.C2HF3O2/c1-5-2-3-9(7(5)11)4-6(10)8-12;3-2(4,5)1(6)7/h5,12H,2-4H2,1H3,(H,8,10);(H,6,7). The molecule has 0 aromatic heterocycles. The van der Waals surface area contributed by atoms with Crippen molar-refractivity contribution in [1.82, 2.24) is 10.4 Å². The summed E-state index contributed by atoms with van der Waals surface area (Å²) < 4.78 is 31.7. The number of carbonyl (C=O) groups excluding carboxylic acids is 2. The van der Waals surface area contributed by atoms with E-state index >= 15 is 0 Å². The molecule has 1 saturated heterocycles. The number of carboxylic acids is 1. The van der Waals surface area contributed by atoms with Crippen LogP contribution in [-0.4, -0.2) is 52.3 Å². The number of amides is 2. The summed E-state index contributed by atoms with van der Waals surface area (Å²) in [6, 6.07) is 0. The number of hydroxylamine groups is 1. The molecule has 0 aliphatic carbocycles. The van der Waals surface area contributed by atoms with E-state index in [2.05, 4.69) is 0 Å². The van der Waals surface area contributed by atoms with Crippen molar-refractivity contribution in [2.75, 3.05) is 13.1 Å². The summed E-state index contributed by atoms with van der Waals surface area (Å²) in [6.07, 6.45) is -4.29. The summed E-state index contributed by atoms with van der Waals surface area (Å²) in [7, 11) is 0. The number of rotatable bonds is 2. The predicted molar refractivity (Wildman–Crippen MR) is 54.0 cm³/mol. The van der Waals surface area contributed by atoms with Gasteiger partial charge in [-0.1, -0.05) is 6.92 Å². The van der Waals surface area contributed by atoms with E-state index in [1.807, 2.05) is 6.92 Å². The summed E-state index contributed by atoms with van der Waals surface area (Å²) >= 11 is 0. The summed E-state index contributed by atoms with van der Waals surface area (Å²) in [6.45, 7) is 2.40. The quantitative estimate of drug-likeness (QED) is 0.489. The van der Waals surface area contributed by atoms with Crippen LogP contribution in [0.3, 0.4) is 0 Å². The molecule has 2 amide bonds. The van der Waals surface area contributed by atoms with Gasteiger partial charge in [-0.25, -0.2) is 10.3 Å². The molecule has 1 unspecified atom stereocenters. The Hall–Kier alpha value is -1.84. The van der Waals surface area contributed by atoms with Crippen LogP contribution in [0.25, 0.3) is 0 Å². The average Bonchev–Trinajstić information content (AvgIpc) is 2.60. The van der Waals surface area contributed by atoms with E-state index in [9.17, 15) is 22.8 Å². The van der Waals surface area contributed by atoms with Gasteiger partial charge >= 0.3 is 12.1 Å². The Bertz CT molecular complexity index is 358. The second-order valence-corrected chi connectivity index (χ2v) is 3.79. The highest BCUT2D eigenvalue weighted by Gasteiger charge is 2.38. The van der Waals surface area contributed by atoms with Crippen LogP contribution in [0.5, 0.6) is 0 Å². The first kappa shape index (κ1) is 17.2. The van der Waals surface area contributed by atoms with Crippen LogP contribution in [-0.2, 0) is 14.4 Å². The third kappa shape index (κ3) is 6.04. The van der Waals surface area contributed by atoms with Gasteiger partial charge in [0.2, 0.25) is 5.91 Å². The van der Waals surface area contributed by atoms with Crippen molar-refractivity contribution in [3.05, 3.63) is 0 Å². The van der Waals surface area contributed by atoms with E-state index in [0.29, 0.717) is 6.54 Å². The van der Waals surface area contributed by atoms with Gasteiger partial charge in [-0.2, -0.15) is 13.2 Å². The Kier molecular flexibility index (Phi) is 6.25. The minimum atomic E-state index is -5.08. The Morgan fingerprint density at radius 1 is 1.47 bits per heavy atom. The number of carbonyl (C=O) groups is 3. The molecule has 19 heavy (non-hydrogen) atoms. The second kappa shape index (κ2) is 6.92. The minimum Gasteiger partial charge on any atom is -0.475 e. The van der Waals surface area contributed by atoms with Gasteiger partial charge < -0.3 is 10.0 Å². The van der Waals surface area contributed by atoms with Gasteiger partial charge in [-0.3, -0.25) is 14.8 Å². The van der Waals surface area contributed by atoms with Crippen molar-refractivity contribution in [1.29, 1.82) is 0 Å². The first-order valence-electron chi connectivity index (χ1n) is 5.11. The smallest absolute Gasteiger partial charge is 0.475 e. The first-order chi connectivity index (χ1) is 8.59. The SMILES string of the molecule is CC1CCN(CC(=O)NO)C1=O.O=C(O)C(F)(F)F. The van der Waals surface area contributed by atoms with Gasteiger partial charge in [0.05, 0.1) is 0 Å². The maximum absolute atomic E-state index is 11.2. The molecule has 1 aliphatic rings. The largest absolute Gasteiger partial charge is 0.490 e. The maximum Gasteiger partial charge on any atom is 0.490 e. The first-order valence-corrected chi connectivity index (χ1v) is 5.11. The van der Waals surface area contributed by atoms with Gasteiger partial charge in [0.25, 0.3) is 5.91 Å².